The van der Waals surface area contributed by atoms with Gasteiger partial charge in [0, 0.05) is 11.1 Å². The van der Waals surface area contributed by atoms with E-state index in [0.29, 0.717) is 11.1 Å². The number of benzene rings is 3. The Labute approximate surface area is 189 Å². The quantitative estimate of drug-likeness (QED) is 0.376. The molecule has 0 spiro atoms. The third kappa shape index (κ3) is 4.82. The van der Waals surface area contributed by atoms with Crippen molar-refractivity contribution in [3.63, 3.8) is 0 Å². The number of ether oxygens (including phenoxy) is 1. The van der Waals surface area contributed by atoms with Crippen molar-refractivity contribution < 1.29 is 28.7 Å². The van der Waals surface area contributed by atoms with Gasteiger partial charge in [-0.2, -0.15) is 4.98 Å². The smallest absolute Gasteiger partial charge is 0.338 e. The van der Waals surface area contributed by atoms with Gasteiger partial charge in [-0.1, -0.05) is 35.5 Å². The van der Waals surface area contributed by atoms with Crippen molar-refractivity contribution in [2.45, 2.75) is 13.5 Å². The lowest BCUT2D eigenvalue weighted by Gasteiger charge is -2.13. The van der Waals surface area contributed by atoms with Crippen LogP contribution in [-0.2, 0) is 11.3 Å². The highest BCUT2D eigenvalue weighted by molar-refractivity contribution is 5.88. The maximum Gasteiger partial charge on any atom is 0.338 e. The van der Waals surface area contributed by atoms with E-state index in [1.807, 2.05) is 49.4 Å². The van der Waals surface area contributed by atoms with Crippen molar-refractivity contribution in [2.24, 2.45) is 0 Å². The van der Waals surface area contributed by atoms with Gasteiger partial charge < -0.3 is 19.5 Å². The first-order chi connectivity index (χ1) is 16.0. The molecule has 1 heterocycles. The molecule has 0 atom stereocenters. The van der Waals surface area contributed by atoms with Gasteiger partial charge in [0.2, 0.25) is 5.82 Å². The van der Waals surface area contributed by atoms with Crippen LogP contribution in [0.3, 0.4) is 0 Å². The molecule has 33 heavy (non-hydrogen) atoms. The molecule has 4 aromatic rings. The third-order valence-corrected chi connectivity index (χ3v) is 5.16. The Kier molecular flexibility index (Phi) is 6.58. The van der Waals surface area contributed by atoms with E-state index in [-0.39, 0.29) is 31.5 Å². The molecule has 3 aromatic carbocycles. The van der Waals surface area contributed by atoms with Crippen molar-refractivity contribution in [3.05, 3.63) is 83.2 Å². The lowest BCUT2D eigenvalue weighted by molar-refractivity contribution is 0.0692. The SMILES string of the molecule is Cc1ccccc1-c1ccc(-c2nc(-c3ccc(C(=O)O)c(F)c3)no2)cc1COCCO. The lowest BCUT2D eigenvalue weighted by Crippen LogP contribution is -2.01. The number of aryl methyl sites for hydroxylation is 1. The molecule has 0 fully saturated rings. The van der Waals surface area contributed by atoms with Gasteiger partial charge in [-0.25, -0.2) is 9.18 Å². The maximum atomic E-state index is 14.1. The zero-order valence-electron chi connectivity index (χ0n) is 17.8. The van der Waals surface area contributed by atoms with Crippen LogP contribution in [0.25, 0.3) is 34.0 Å². The van der Waals surface area contributed by atoms with E-state index in [0.717, 1.165) is 34.4 Å². The molecule has 0 unspecified atom stereocenters. The first kappa shape index (κ1) is 22.3. The standard InChI is InChI=1S/C25H21FN2O5/c1-15-4-2-3-5-19(15)20-8-7-17(12-18(20)14-32-11-10-29)24-27-23(28-33-24)16-6-9-21(25(30)31)22(26)13-16/h2-9,12-13,29H,10-11,14H2,1H3,(H,30,31). The molecule has 0 bridgehead atoms. The van der Waals surface area contributed by atoms with Crippen LogP contribution in [0.2, 0.25) is 0 Å². The molecular formula is C25H21FN2O5. The minimum atomic E-state index is -1.35. The van der Waals surface area contributed by atoms with Gasteiger partial charge in [-0.15, -0.1) is 0 Å². The Bertz CT molecular complexity index is 1300. The Morgan fingerprint density at radius 2 is 1.85 bits per heavy atom. The molecule has 0 aliphatic rings. The van der Waals surface area contributed by atoms with Gasteiger partial charge in [0.15, 0.2) is 0 Å². The van der Waals surface area contributed by atoms with Crippen molar-refractivity contribution in [2.75, 3.05) is 13.2 Å². The fourth-order valence-electron chi connectivity index (χ4n) is 3.52. The molecule has 0 saturated carbocycles. The summed E-state index contributed by atoms with van der Waals surface area (Å²) in [7, 11) is 0. The van der Waals surface area contributed by atoms with E-state index in [9.17, 15) is 9.18 Å². The number of aliphatic hydroxyl groups is 1. The summed E-state index contributed by atoms with van der Waals surface area (Å²) in [4.78, 5) is 15.4. The maximum absolute atomic E-state index is 14.1. The number of rotatable bonds is 8. The number of halogens is 1. The molecule has 7 nitrogen and oxygen atoms in total. The lowest BCUT2D eigenvalue weighted by atomic mass is 9.94. The van der Waals surface area contributed by atoms with Crippen molar-refractivity contribution in [1.82, 2.24) is 10.1 Å². The summed E-state index contributed by atoms with van der Waals surface area (Å²) in [5, 5.41) is 22.0. The van der Waals surface area contributed by atoms with E-state index in [1.165, 1.54) is 6.07 Å². The second-order valence-electron chi connectivity index (χ2n) is 7.39. The minimum Gasteiger partial charge on any atom is -0.478 e. The van der Waals surface area contributed by atoms with Gasteiger partial charge in [-0.05, 0) is 59.5 Å². The monoisotopic (exact) mass is 448 g/mol. The van der Waals surface area contributed by atoms with Gasteiger partial charge in [-0.3, -0.25) is 0 Å². The highest BCUT2D eigenvalue weighted by atomic mass is 19.1. The number of aliphatic hydroxyl groups excluding tert-OH is 1. The molecular weight excluding hydrogens is 427 g/mol. The number of hydrogen-bond acceptors (Lipinski definition) is 6. The molecule has 0 saturated heterocycles. The second-order valence-corrected chi connectivity index (χ2v) is 7.39. The Hall–Kier alpha value is -3.88. The zero-order chi connectivity index (χ0) is 23.4. The van der Waals surface area contributed by atoms with Gasteiger partial charge in [0.25, 0.3) is 5.89 Å². The van der Waals surface area contributed by atoms with E-state index >= 15 is 0 Å². The Morgan fingerprint density at radius 3 is 2.58 bits per heavy atom. The predicted molar refractivity (Wildman–Crippen MR) is 119 cm³/mol. The number of aromatic carboxylic acids is 1. The van der Waals surface area contributed by atoms with Crippen LogP contribution in [0.5, 0.6) is 0 Å². The molecule has 0 amide bonds. The number of hydrogen-bond donors (Lipinski definition) is 2. The molecule has 4 rings (SSSR count). The average Bonchev–Trinajstić information content (AvgIpc) is 3.30. The largest absolute Gasteiger partial charge is 0.478 e. The van der Waals surface area contributed by atoms with Gasteiger partial charge in [0.1, 0.15) is 5.82 Å². The third-order valence-electron chi connectivity index (χ3n) is 5.16. The number of carboxylic acid groups (broad SMARTS) is 1. The van der Waals surface area contributed by atoms with Crippen LogP contribution >= 0.6 is 0 Å². The molecule has 0 aliphatic carbocycles. The summed E-state index contributed by atoms with van der Waals surface area (Å²) < 4.78 is 25.0. The first-order valence-corrected chi connectivity index (χ1v) is 10.2. The van der Waals surface area contributed by atoms with Crippen LogP contribution in [0.4, 0.5) is 4.39 Å². The highest BCUT2D eigenvalue weighted by Crippen LogP contribution is 2.32. The molecule has 0 radical (unpaired) electrons. The predicted octanol–water partition coefficient (Wildman–Crippen LogP) is 4.73. The topological polar surface area (TPSA) is 106 Å². The molecule has 8 heteroatoms. The van der Waals surface area contributed by atoms with E-state index in [2.05, 4.69) is 10.1 Å². The van der Waals surface area contributed by atoms with Crippen LogP contribution in [0, 0.1) is 12.7 Å². The summed E-state index contributed by atoms with van der Waals surface area (Å²) >= 11 is 0. The van der Waals surface area contributed by atoms with Crippen molar-refractivity contribution >= 4 is 5.97 Å². The van der Waals surface area contributed by atoms with E-state index < -0.39 is 17.3 Å². The van der Waals surface area contributed by atoms with Crippen molar-refractivity contribution in [3.8, 4) is 34.0 Å². The highest BCUT2D eigenvalue weighted by Gasteiger charge is 2.17. The average molecular weight is 448 g/mol. The van der Waals surface area contributed by atoms with E-state index in [1.54, 1.807) is 0 Å². The Balaban J connectivity index is 1.69. The Morgan fingerprint density at radius 1 is 1.06 bits per heavy atom. The normalized spacial score (nSPS) is 11.0. The fourth-order valence-corrected chi connectivity index (χ4v) is 3.52. The molecule has 2 N–H and O–H groups in total. The van der Waals surface area contributed by atoms with Gasteiger partial charge >= 0.3 is 5.97 Å². The number of aromatic nitrogens is 2. The molecule has 168 valence electrons. The summed E-state index contributed by atoms with van der Waals surface area (Å²) in [5.41, 5.74) is 4.56. The van der Waals surface area contributed by atoms with Crippen LogP contribution < -0.4 is 0 Å². The van der Waals surface area contributed by atoms with Crippen LogP contribution in [-0.4, -0.2) is 39.5 Å². The number of carbonyl (C=O) groups is 1. The summed E-state index contributed by atoms with van der Waals surface area (Å²) in [6, 6.07) is 17.3. The summed E-state index contributed by atoms with van der Waals surface area (Å²) in [6.07, 6.45) is 0. The van der Waals surface area contributed by atoms with E-state index in [4.69, 9.17) is 19.5 Å². The van der Waals surface area contributed by atoms with Crippen molar-refractivity contribution in [1.29, 1.82) is 0 Å². The summed E-state index contributed by atoms with van der Waals surface area (Å²) in [5.74, 6) is -1.86. The fraction of sp³-hybridized carbons (Fsp3) is 0.160. The molecule has 0 aliphatic heterocycles. The number of nitrogens with zero attached hydrogens (tertiary/aromatic N) is 2. The molecule has 1 aromatic heterocycles. The zero-order valence-corrected chi connectivity index (χ0v) is 17.8. The second kappa shape index (κ2) is 9.72. The minimum absolute atomic E-state index is 0.0797. The van der Waals surface area contributed by atoms with Gasteiger partial charge in [0.05, 0.1) is 25.4 Å². The summed E-state index contributed by atoms with van der Waals surface area (Å²) in [6.45, 7) is 2.44. The van der Waals surface area contributed by atoms with Crippen LogP contribution in [0.1, 0.15) is 21.5 Å². The number of carboxylic acids is 1. The van der Waals surface area contributed by atoms with Crippen LogP contribution in [0.15, 0.2) is 65.2 Å². The first-order valence-electron chi connectivity index (χ1n) is 10.2.